The van der Waals surface area contributed by atoms with Crippen molar-refractivity contribution >= 4 is 11.9 Å². The molecule has 0 spiro atoms. The Bertz CT molecular complexity index is 806. The van der Waals surface area contributed by atoms with Gasteiger partial charge < -0.3 is 14.6 Å². The van der Waals surface area contributed by atoms with Crippen LogP contribution in [-0.2, 0) is 14.3 Å². The Morgan fingerprint density at radius 2 is 0.792 bits per heavy atom. The molecule has 53 heavy (non-hydrogen) atoms. The van der Waals surface area contributed by atoms with Crippen molar-refractivity contribution in [2.24, 2.45) is 5.92 Å². The number of nitrogens with zero attached hydrogens (tertiary/aromatic N) is 1. The third-order valence-corrected chi connectivity index (χ3v) is 11.7. The highest BCUT2D eigenvalue weighted by atomic mass is 16.5. The number of carboxylic acid groups (broad SMARTS) is 1. The number of esters is 1. The molecule has 1 fully saturated rings. The highest BCUT2D eigenvalue weighted by Gasteiger charge is 2.43. The number of unbranched alkanes of at least 4 members (excludes halogenated alkanes) is 28. The van der Waals surface area contributed by atoms with Gasteiger partial charge in [-0.25, -0.2) is 0 Å². The van der Waals surface area contributed by atoms with Crippen LogP contribution in [0.15, 0.2) is 0 Å². The number of hydrogen-bond acceptors (Lipinski definition) is 5. The van der Waals surface area contributed by atoms with E-state index in [1.807, 2.05) is 0 Å². The van der Waals surface area contributed by atoms with Crippen molar-refractivity contribution in [2.75, 3.05) is 13.2 Å². The fourth-order valence-electron chi connectivity index (χ4n) is 9.03. The van der Waals surface area contributed by atoms with Gasteiger partial charge in [-0.15, -0.1) is 0 Å². The topological polar surface area (TPSA) is 69.7 Å². The maximum absolute atomic E-state index is 12.2. The van der Waals surface area contributed by atoms with Crippen molar-refractivity contribution in [2.45, 2.75) is 278 Å². The summed E-state index contributed by atoms with van der Waals surface area (Å²) in [7, 11) is 0. The van der Waals surface area contributed by atoms with Crippen LogP contribution < -0.4 is 5.11 Å². The monoisotopic (exact) mass is 749 g/mol. The van der Waals surface area contributed by atoms with E-state index in [1.54, 1.807) is 0 Å². The first-order chi connectivity index (χ1) is 25.5. The van der Waals surface area contributed by atoms with Crippen LogP contribution in [0.25, 0.3) is 0 Å². The summed E-state index contributed by atoms with van der Waals surface area (Å²) in [6.45, 7) is 17.6. The molecule has 1 saturated heterocycles. The number of carboxylic acids is 1. The zero-order valence-electron chi connectivity index (χ0n) is 37.1. The third-order valence-electron chi connectivity index (χ3n) is 11.7. The maximum Gasteiger partial charge on any atom is 0.305 e. The zero-order chi connectivity index (χ0) is 39.5. The summed E-state index contributed by atoms with van der Waals surface area (Å²) in [5.41, 5.74) is 0.337. The van der Waals surface area contributed by atoms with Gasteiger partial charge >= 0.3 is 5.97 Å². The number of rotatable bonds is 35. The fraction of sp³-hybridized carbons (Fsp3) is 0.958. The number of ether oxygens (including phenoxy) is 1. The van der Waals surface area contributed by atoms with Crippen molar-refractivity contribution in [1.29, 1.82) is 0 Å². The van der Waals surface area contributed by atoms with Crippen LogP contribution in [0.1, 0.15) is 267 Å². The largest absolute Gasteiger partial charge is 0.550 e. The third kappa shape index (κ3) is 32.8. The van der Waals surface area contributed by atoms with Gasteiger partial charge in [-0.2, -0.15) is 0 Å². The summed E-state index contributed by atoms with van der Waals surface area (Å²) >= 11 is 0. The molecule has 0 N–H and O–H groups in total. The second kappa shape index (κ2) is 35.3. The Morgan fingerprint density at radius 1 is 0.509 bits per heavy atom. The number of likely N-dealkylation sites (tertiary alicyclic amines) is 1. The molecule has 0 aromatic carbocycles. The van der Waals surface area contributed by atoms with E-state index in [1.165, 1.54) is 180 Å². The van der Waals surface area contributed by atoms with E-state index in [0.29, 0.717) is 13.0 Å². The maximum atomic E-state index is 12.2. The predicted octanol–water partition coefficient (Wildman–Crippen LogP) is 14.1. The van der Waals surface area contributed by atoms with Crippen LogP contribution in [-0.4, -0.2) is 41.1 Å². The molecule has 5 nitrogen and oxygen atoms in total. The number of piperidine rings is 1. The van der Waals surface area contributed by atoms with Crippen LogP contribution in [0.3, 0.4) is 0 Å². The van der Waals surface area contributed by atoms with Crippen LogP contribution in [0, 0.1) is 5.92 Å². The molecule has 1 heterocycles. The normalized spacial score (nSPS) is 15.6. The second-order valence-electron chi connectivity index (χ2n) is 18.3. The lowest BCUT2D eigenvalue weighted by atomic mass is 9.74. The smallest absolute Gasteiger partial charge is 0.305 e. The lowest BCUT2D eigenvalue weighted by Gasteiger charge is -2.55. The number of carbonyl (C=O) groups excluding carboxylic acids is 2. The van der Waals surface area contributed by atoms with Crippen molar-refractivity contribution in [1.82, 2.24) is 4.90 Å². The standard InChI is InChI=1S/C30H59NO2.C18H36O2/c1-7-8-9-10-11-12-13-14-15-16-17-18-19-20-21-22-28(32)33-24-23-31-29(3,4)25-27(2)26-30(31,5)6;1-2-3-4-5-6-7-8-9-10-11-12-13-14-15-16-17-18(19)20/h27H,7-26H2,1-6H3;2-17H2,1H3,(H,19,20)/p-1. The molecule has 1 aliphatic heterocycles. The Morgan fingerprint density at radius 3 is 1.09 bits per heavy atom. The highest BCUT2D eigenvalue weighted by molar-refractivity contribution is 5.69. The average Bonchev–Trinajstić information content (AvgIpc) is 3.09. The van der Waals surface area contributed by atoms with Gasteiger partial charge in [0.15, 0.2) is 0 Å². The van der Waals surface area contributed by atoms with Gasteiger partial charge in [0.1, 0.15) is 6.61 Å². The summed E-state index contributed by atoms with van der Waals surface area (Å²) in [6.07, 6.45) is 43.1. The second-order valence-corrected chi connectivity index (χ2v) is 18.3. The number of hydrogen-bond donors (Lipinski definition) is 0. The van der Waals surface area contributed by atoms with Gasteiger partial charge in [0.2, 0.25) is 0 Å². The minimum absolute atomic E-state index is 0.00863. The summed E-state index contributed by atoms with van der Waals surface area (Å²) in [5.74, 6) is -0.163. The Hall–Kier alpha value is -1.10. The molecule has 1 rings (SSSR count). The van der Waals surface area contributed by atoms with Gasteiger partial charge in [-0.3, -0.25) is 9.69 Å². The van der Waals surface area contributed by atoms with Gasteiger partial charge in [0.05, 0.1) is 0 Å². The molecule has 1 aliphatic rings. The number of carbonyl (C=O) groups is 2. The van der Waals surface area contributed by atoms with E-state index >= 15 is 0 Å². The molecule has 0 radical (unpaired) electrons. The first-order valence-electron chi connectivity index (χ1n) is 23.6. The molecule has 0 amide bonds. The van der Waals surface area contributed by atoms with Crippen LogP contribution in [0.5, 0.6) is 0 Å². The lowest BCUT2D eigenvalue weighted by Crippen LogP contribution is -2.61. The lowest BCUT2D eigenvalue weighted by molar-refractivity contribution is -0.305. The molecule has 316 valence electrons. The SMILES string of the molecule is CCCCCCCCCCCCCCCCCC(=O)OCCN1C(C)(C)CC(C)CC1(C)C.CCCCCCCCCCCCCCCCCC(=O)[O-]. The average molecular weight is 749 g/mol. The summed E-state index contributed by atoms with van der Waals surface area (Å²) < 4.78 is 5.60. The van der Waals surface area contributed by atoms with Gasteiger partial charge in [-0.1, -0.05) is 201 Å². The predicted molar refractivity (Wildman–Crippen MR) is 228 cm³/mol. The molecule has 0 aromatic heterocycles. The molecular weight excluding hydrogens is 655 g/mol. The molecule has 0 bridgehead atoms. The van der Waals surface area contributed by atoms with Crippen LogP contribution >= 0.6 is 0 Å². The van der Waals surface area contributed by atoms with Gasteiger partial charge in [0, 0.05) is 30.0 Å². The molecule has 0 unspecified atom stereocenters. The molecule has 0 saturated carbocycles. The molecule has 0 atom stereocenters. The fourth-order valence-corrected chi connectivity index (χ4v) is 9.03. The van der Waals surface area contributed by atoms with E-state index in [4.69, 9.17) is 4.74 Å². The summed E-state index contributed by atoms with van der Waals surface area (Å²) in [5, 5.41) is 10.2. The quantitative estimate of drug-likeness (QED) is 0.0477. The molecule has 5 heteroatoms. The summed E-state index contributed by atoms with van der Waals surface area (Å²) in [6, 6.07) is 0. The van der Waals surface area contributed by atoms with Crippen LogP contribution in [0.2, 0.25) is 0 Å². The van der Waals surface area contributed by atoms with Crippen molar-refractivity contribution in [3.63, 3.8) is 0 Å². The molecular formula is C48H94NO4-. The van der Waals surface area contributed by atoms with Crippen molar-refractivity contribution in [3.05, 3.63) is 0 Å². The van der Waals surface area contributed by atoms with E-state index in [-0.39, 0.29) is 23.5 Å². The molecule has 0 aromatic rings. The minimum atomic E-state index is -0.903. The first-order valence-corrected chi connectivity index (χ1v) is 23.6. The van der Waals surface area contributed by atoms with Crippen molar-refractivity contribution < 1.29 is 19.4 Å². The van der Waals surface area contributed by atoms with Gasteiger partial charge in [0.25, 0.3) is 0 Å². The van der Waals surface area contributed by atoms with E-state index < -0.39 is 5.97 Å². The summed E-state index contributed by atoms with van der Waals surface area (Å²) in [4.78, 5) is 24.9. The van der Waals surface area contributed by atoms with Crippen molar-refractivity contribution in [3.8, 4) is 0 Å². The van der Waals surface area contributed by atoms with E-state index in [0.717, 1.165) is 38.1 Å². The van der Waals surface area contributed by atoms with E-state index in [2.05, 4.69) is 53.4 Å². The van der Waals surface area contributed by atoms with Crippen LogP contribution in [0.4, 0.5) is 0 Å². The number of aliphatic carboxylic acids is 1. The zero-order valence-corrected chi connectivity index (χ0v) is 37.1. The Labute approximate surface area is 332 Å². The van der Waals surface area contributed by atoms with Gasteiger partial charge in [-0.05, 0) is 65.7 Å². The van der Waals surface area contributed by atoms with E-state index in [9.17, 15) is 14.7 Å². The molecule has 0 aliphatic carbocycles. The Kier molecular flexibility index (Phi) is 34.6. The minimum Gasteiger partial charge on any atom is -0.550 e. The Balaban J connectivity index is 0.00000116. The first kappa shape index (κ1) is 51.9. The highest BCUT2D eigenvalue weighted by Crippen LogP contribution is 2.40.